The van der Waals surface area contributed by atoms with E-state index in [0.717, 1.165) is 43.1 Å². The van der Waals surface area contributed by atoms with E-state index in [1.165, 1.54) is 0 Å². The van der Waals surface area contributed by atoms with Gasteiger partial charge in [-0.2, -0.15) is 0 Å². The number of likely N-dealkylation sites (N-methyl/N-ethyl adjacent to an activating group) is 1. The number of nitrogens with one attached hydrogen (secondary N) is 1. The first-order valence-corrected chi connectivity index (χ1v) is 8.74. The maximum atomic E-state index is 12.5. The summed E-state index contributed by atoms with van der Waals surface area (Å²) in [4.78, 5) is 14.4. The van der Waals surface area contributed by atoms with E-state index in [-0.39, 0.29) is 30.4 Å². The topological polar surface area (TPSA) is 72.3 Å². The standard InChI is InChI=1S/C18H25N5O2.ClH/c1-4-22(5-2)18(24)16-10-14(11-19-16)23-12-17(20-21-23)13-7-6-8-15(9-13)25-3;/h6-9,12,14,16,19H,4-5,10-11H2,1-3H3;1H/t14-,16+;/m1./s1. The van der Waals surface area contributed by atoms with Crippen LogP contribution in [-0.2, 0) is 4.79 Å². The van der Waals surface area contributed by atoms with E-state index < -0.39 is 0 Å². The van der Waals surface area contributed by atoms with Gasteiger partial charge in [-0.1, -0.05) is 17.3 Å². The van der Waals surface area contributed by atoms with Crippen LogP contribution >= 0.6 is 12.4 Å². The molecule has 2 aromatic rings. The van der Waals surface area contributed by atoms with E-state index in [0.29, 0.717) is 0 Å². The molecule has 8 heteroatoms. The average Bonchev–Trinajstić information content (AvgIpc) is 3.32. The SMILES string of the molecule is CCN(CC)C(=O)[C@@H]1C[C@@H](n2cc(-c3cccc(OC)c3)nn2)CN1.Cl. The second-order valence-electron chi connectivity index (χ2n) is 6.18. The summed E-state index contributed by atoms with van der Waals surface area (Å²) in [5.41, 5.74) is 1.77. The summed E-state index contributed by atoms with van der Waals surface area (Å²) in [5.74, 6) is 0.958. The van der Waals surface area contributed by atoms with Crippen molar-refractivity contribution in [2.75, 3.05) is 26.7 Å². The summed E-state index contributed by atoms with van der Waals surface area (Å²) >= 11 is 0. The van der Waals surface area contributed by atoms with Crippen LogP contribution in [0.1, 0.15) is 26.3 Å². The lowest BCUT2D eigenvalue weighted by Gasteiger charge is -2.22. The molecule has 0 spiro atoms. The van der Waals surface area contributed by atoms with E-state index in [1.54, 1.807) is 7.11 Å². The average molecular weight is 380 g/mol. The van der Waals surface area contributed by atoms with Gasteiger partial charge in [0, 0.05) is 25.2 Å². The Balaban J connectivity index is 0.00000243. The molecule has 2 heterocycles. The van der Waals surface area contributed by atoms with Crippen molar-refractivity contribution in [1.29, 1.82) is 0 Å². The third-order valence-electron chi connectivity index (χ3n) is 4.73. The third kappa shape index (κ3) is 4.16. The Morgan fingerprint density at radius 1 is 1.38 bits per heavy atom. The van der Waals surface area contributed by atoms with Crippen molar-refractivity contribution >= 4 is 18.3 Å². The van der Waals surface area contributed by atoms with Crippen molar-refractivity contribution in [3.8, 4) is 17.0 Å². The summed E-state index contributed by atoms with van der Waals surface area (Å²) in [6.45, 7) is 6.21. The van der Waals surface area contributed by atoms with Crippen LogP contribution in [0.5, 0.6) is 5.75 Å². The molecule has 1 N–H and O–H groups in total. The Morgan fingerprint density at radius 2 is 2.15 bits per heavy atom. The number of carbonyl (C=O) groups excluding carboxylic acids is 1. The van der Waals surface area contributed by atoms with Crippen LogP contribution in [0.25, 0.3) is 11.3 Å². The number of nitrogens with zero attached hydrogens (tertiary/aromatic N) is 4. The van der Waals surface area contributed by atoms with Crippen molar-refractivity contribution in [1.82, 2.24) is 25.2 Å². The quantitative estimate of drug-likeness (QED) is 0.832. The van der Waals surface area contributed by atoms with Crippen LogP contribution < -0.4 is 10.1 Å². The molecule has 1 fully saturated rings. The minimum atomic E-state index is -0.144. The van der Waals surface area contributed by atoms with Crippen LogP contribution in [0.4, 0.5) is 0 Å². The molecule has 0 radical (unpaired) electrons. The lowest BCUT2D eigenvalue weighted by Crippen LogP contribution is -2.43. The van der Waals surface area contributed by atoms with Crippen LogP contribution in [0.2, 0.25) is 0 Å². The number of halogens is 1. The van der Waals surface area contributed by atoms with Gasteiger partial charge in [0.2, 0.25) is 5.91 Å². The van der Waals surface area contributed by atoms with Gasteiger partial charge in [-0.15, -0.1) is 17.5 Å². The Labute approximate surface area is 160 Å². The minimum Gasteiger partial charge on any atom is -0.497 e. The van der Waals surface area contributed by atoms with Crippen LogP contribution in [0.15, 0.2) is 30.5 Å². The maximum absolute atomic E-state index is 12.5. The first-order valence-electron chi connectivity index (χ1n) is 8.74. The summed E-state index contributed by atoms with van der Waals surface area (Å²) in [6.07, 6.45) is 2.67. The Kier molecular flexibility index (Phi) is 6.99. The van der Waals surface area contributed by atoms with E-state index >= 15 is 0 Å². The van der Waals surface area contributed by atoms with E-state index in [1.807, 2.05) is 53.9 Å². The molecule has 2 atom stereocenters. The lowest BCUT2D eigenvalue weighted by atomic mass is 10.1. The van der Waals surface area contributed by atoms with Gasteiger partial charge in [-0.3, -0.25) is 4.79 Å². The third-order valence-corrected chi connectivity index (χ3v) is 4.73. The minimum absolute atomic E-state index is 0. The molecule has 0 unspecified atom stereocenters. The molecule has 1 saturated heterocycles. The zero-order valence-corrected chi connectivity index (χ0v) is 16.2. The second-order valence-corrected chi connectivity index (χ2v) is 6.18. The number of ether oxygens (including phenoxy) is 1. The molecule has 1 aliphatic rings. The highest BCUT2D eigenvalue weighted by Crippen LogP contribution is 2.25. The Bertz CT molecular complexity index is 732. The molecule has 7 nitrogen and oxygen atoms in total. The number of amides is 1. The van der Waals surface area contributed by atoms with Crippen LogP contribution in [-0.4, -0.2) is 58.6 Å². The molecule has 0 saturated carbocycles. The summed E-state index contributed by atoms with van der Waals surface area (Å²) in [7, 11) is 1.65. The number of benzene rings is 1. The zero-order valence-electron chi connectivity index (χ0n) is 15.4. The number of rotatable bonds is 6. The van der Waals surface area contributed by atoms with Gasteiger partial charge < -0.3 is 15.0 Å². The predicted octanol–water partition coefficient (Wildman–Crippen LogP) is 2.15. The largest absolute Gasteiger partial charge is 0.497 e. The van der Waals surface area contributed by atoms with Gasteiger partial charge >= 0.3 is 0 Å². The number of carbonyl (C=O) groups is 1. The highest BCUT2D eigenvalue weighted by molar-refractivity contribution is 5.85. The van der Waals surface area contributed by atoms with Gasteiger partial charge in [-0.05, 0) is 32.4 Å². The Hall–Kier alpha value is -2.12. The van der Waals surface area contributed by atoms with E-state index in [4.69, 9.17) is 4.74 Å². The second kappa shape index (κ2) is 9.00. The Morgan fingerprint density at radius 3 is 2.85 bits per heavy atom. The summed E-state index contributed by atoms with van der Waals surface area (Å²) in [5, 5.41) is 11.9. The van der Waals surface area contributed by atoms with Crippen molar-refractivity contribution in [2.24, 2.45) is 0 Å². The first-order chi connectivity index (χ1) is 12.2. The van der Waals surface area contributed by atoms with E-state index in [2.05, 4.69) is 15.6 Å². The van der Waals surface area contributed by atoms with Crippen LogP contribution in [0, 0.1) is 0 Å². The predicted molar refractivity (Wildman–Crippen MR) is 103 cm³/mol. The molecule has 1 aromatic carbocycles. The van der Waals surface area contributed by atoms with Gasteiger partial charge in [0.15, 0.2) is 0 Å². The molecule has 26 heavy (non-hydrogen) atoms. The molecule has 0 bridgehead atoms. The van der Waals surface area contributed by atoms with Crippen molar-refractivity contribution in [3.05, 3.63) is 30.5 Å². The summed E-state index contributed by atoms with van der Waals surface area (Å²) in [6, 6.07) is 7.75. The molecule has 142 valence electrons. The molecule has 3 rings (SSSR count). The molecule has 1 amide bonds. The fourth-order valence-corrected chi connectivity index (χ4v) is 3.23. The molecule has 1 aliphatic heterocycles. The molecule has 0 aliphatic carbocycles. The lowest BCUT2D eigenvalue weighted by molar-refractivity contribution is -0.132. The van der Waals surface area contributed by atoms with Crippen molar-refractivity contribution in [3.63, 3.8) is 0 Å². The van der Waals surface area contributed by atoms with Gasteiger partial charge in [0.05, 0.1) is 25.4 Å². The fourth-order valence-electron chi connectivity index (χ4n) is 3.23. The highest BCUT2D eigenvalue weighted by Gasteiger charge is 2.33. The van der Waals surface area contributed by atoms with Gasteiger partial charge in [-0.25, -0.2) is 4.68 Å². The monoisotopic (exact) mass is 379 g/mol. The molecular weight excluding hydrogens is 354 g/mol. The zero-order chi connectivity index (χ0) is 17.8. The van der Waals surface area contributed by atoms with Crippen molar-refractivity contribution < 1.29 is 9.53 Å². The number of aromatic nitrogens is 3. The fraction of sp³-hybridized carbons (Fsp3) is 0.500. The van der Waals surface area contributed by atoms with Crippen molar-refractivity contribution in [2.45, 2.75) is 32.4 Å². The normalized spacial score (nSPS) is 19.0. The van der Waals surface area contributed by atoms with E-state index in [9.17, 15) is 4.79 Å². The summed E-state index contributed by atoms with van der Waals surface area (Å²) < 4.78 is 7.12. The van der Waals surface area contributed by atoms with Crippen LogP contribution in [0.3, 0.4) is 0 Å². The first kappa shape index (κ1) is 20.2. The number of hydrogen-bond donors (Lipinski definition) is 1. The number of hydrogen-bond acceptors (Lipinski definition) is 5. The highest BCUT2D eigenvalue weighted by atomic mass is 35.5. The smallest absolute Gasteiger partial charge is 0.239 e. The molecular formula is C18H26ClN5O2. The van der Waals surface area contributed by atoms with Gasteiger partial charge in [0.1, 0.15) is 11.4 Å². The van der Waals surface area contributed by atoms with Gasteiger partial charge in [0.25, 0.3) is 0 Å². The maximum Gasteiger partial charge on any atom is 0.239 e. The molecule has 1 aromatic heterocycles. The number of methoxy groups -OCH3 is 1.